The number of carbonyl (C=O) groups is 1. The van der Waals surface area contributed by atoms with Crippen LogP contribution in [0.15, 0.2) is 36.7 Å². The highest BCUT2D eigenvalue weighted by molar-refractivity contribution is 6.01. The van der Waals surface area contributed by atoms with Crippen LogP contribution in [0.1, 0.15) is 21.6 Å². The summed E-state index contributed by atoms with van der Waals surface area (Å²) in [6.07, 6.45) is 3.56. The molecule has 0 saturated heterocycles. The van der Waals surface area contributed by atoms with Gasteiger partial charge in [0.1, 0.15) is 5.82 Å². The molecular weight excluding hydrogens is 214 g/mol. The van der Waals surface area contributed by atoms with Crippen LogP contribution in [0.2, 0.25) is 0 Å². The summed E-state index contributed by atoms with van der Waals surface area (Å²) in [5.74, 6) is 0.217. The van der Waals surface area contributed by atoms with Crippen LogP contribution in [0.4, 0.5) is 5.82 Å². The molecule has 0 saturated carbocycles. The van der Waals surface area contributed by atoms with Crippen molar-refractivity contribution in [3.63, 3.8) is 0 Å². The normalized spacial score (nSPS) is 10.2. The van der Waals surface area contributed by atoms with Gasteiger partial charge in [0, 0.05) is 18.1 Å². The summed E-state index contributed by atoms with van der Waals surface area (Å²) in [6.45, 7) is 1.88. The number of hydrogen-bond acceptors (Lipinski definition) is 4. The summed E-state index contributed by atoms with van der Waals surface area (Å²) < 4.78 is 0. The molecule has 4 nitrogen and oxygen atoms in total. The molecule has 0 radical (unpaired) electrons. The molecule has 2 aromatic heterocycles. The number of nitrogens with two attached hydrogens (primary N) is 1. The van der Waals surface area contributed by atoms with Crippen molar-refractivity contribution in [1.29, 1.82) is 0 Å². The number of nitrogens with zero attached hydrogens (tertiary/aromatic N) is 2. The first-order valence-electron chi connectivity index (χ1n) is 5.32. The van der Waals surface area contributed by atoms with E-state index in [1.807, 2.05) is 25.1 Å². The minimum atomic E-state index is -0.0580. The van der Waals surface area contributed by atoms with Crippen LogP contribution in [0.25, 0.3) is 0 Å². The summed E-state index contributed by atoms with van der Waals surface area (Å²) in [7, 11) is 0. The average Bonchev–Trinajstić information content (AvgIpc) is 2.33. The van der Waals surface area contributed by atoms with Crippen LogP contribution in [-0.2, 0) is 6.42 Å². The second-order valence-electron chi connectivity index (χ2n) is 3.87. The molecule has 0 bridgehead atoms. The highest BCUT2D eigenvalue weighted by Gasteiger charge is 2.12. The maximum atomic E-state index is 12.0. The summed E-state index contributed by atoms with van der Waals surface area (Å²) in [6, 6.07) is 7.24. The van der Waals surface area contributed by atoms with E-state index in [9.17, 15) is 4.79 Å². The fraction of sp³-hybridized carbons (Fsp3) is 0.154. The Morgan fingerprint density at radius 1 is 1.35 bits per heavy atom. The van der Waals surface area contributed by atoms with Crippen LogP contribution in [-0.4, -0.2) is 15.8 Å². The molecule has 0 amide bonds. The molecular formula is C13H13N3O. The molecule has 0 aliphatic heterocycles. The Morgan fingerprint density at radius 2 is 2.18 bits per heavy atom. The maximum Gasteiger partial charge on any atom is 0.172 e. The van der Waals surface area contributed by atoms with Crippen molar-refractivity contribution < 1.29 is 4.79 Å². The van der Waals surface area contributed by atoms with Crippen LogP contribution < -0.4 is 5.73 Å². The van der Waals surface area contributed by atoms with Gasteiger partial charge in [0.25, 0.3) is 0 Å². The van der Waals surface area contributed by atoms with Crippen LogP contribution in [0.3, 0.4) is 0 Å². The van der Waals surface area contributed by atoms with E-state index in [4.69, 9.17) is 5.73 Å². The molecule has 0 atom stereocenters. The molecule has 2 heterocycles. The number of ketones is 1. The first-order chi connectivity index (χ1) is 8.16. The Labute approximate surface area is 99.5 Å². The highest BCUT2D eigenvalue weighted by atomic mass is 16.1. The molecule has 0 spiro atoms. The molecule has 0 unspecified atom stereocenters. The molecule has 0 aliphatic rings. The Balaban J connectivity index is 2.23. The van der Waals surface area contributed by atoms with E-state index in [1.54, 1.807) is 18.5 Å². The van der Waals surface area contributed by atoms with Gasteiger partial charge in [-0.2, -0.15) is 0 Å². The third-order valence-corrected chi connectivity index (χ3v) is 2.42. The maximum absolute atomic E-state index is 12.0. The Kier molecular flexibility index (Phi) is 3.14. The first kappa shape index (κ1) is 11.3. The SMILES string of the molecule is Cc1cnc(N)c(C(=O)Cc2ccccn2)c1. The number of anilines is 1. The largest absolute Gasteiger partial charge is 0.383 e. The van der Waals surface area contributed by atoms with E-state index < -0.39 is 0 Å². The monoisotopic (exact) mass is 227 g/mol. The zero-order valence-electron chi connectivity index (χ0n) is 9.55. The number of Topliss-reactive ketones (excluding diaryl/α,β-unsaturated/α-hetero) is 1. The summed E-state index contributed by atoms with van der Waals surface area (Å²) >= 11 is 0. The van der Waals surface area contributed by atoms with Crippen molar-refractivity contribution in [3.8, 4) is 0 Å². The lowest BCUT2D eigenvalue weighted by atomic mass is 10.1. The van der Waals surface area contributed by atoms with Crippen molar-refractivity contribution in [2.45, 2.75) is 13.3 Å². The Morgan fingerprint density at radius 3 is 2.88 bits per heavy atom. The van der Waals surface area contributed by atoms with Gasteiger partial charge in [-0.05, 0) is 30.7 Å². The van der Waals surface area contributed by atoms with Crippen molar-refractivity contribution in [3.05, 3.63) is 53.5 Å². The number of nitrogen functional groups attached to an aromatic ring is 1. The summed E-state index contributed by atoms with van der Waals surface area (Å²) in [5, 5.41) is 0. The third-order valence-electron chi connectivity index (χ3n) is 2.42. The summed E-state index contributed by atoms with van der Waals surface area (Å²) in [5.41, 5.74) is 7.81. The van der Waals surface area contributed by atoms with Gasteiger partial charge >= 0.3 is 0 Å². The second-order valence-corrected chi connectivity index (χ2v) is 3.87. The zero-order chi connectivity index (χ0) is 12.3. The second kappa shape index (κ2) is 4.74. The van der Waals surface area contributed by atoms with Gasteiger partial charge in [0.15, 0.2) is 5.78 Å². The topological polar surface area (TPSA) is 68.9 Å². The third kappa shape index (κ3) is 2.66. The van der Waals surface area contributed by atoms with Gasteiger partial charge in [-0.25, -0.2) is 4.98 Å². The smallest absolute Gasteiger partial charge is 0.172 e. The lowest BCUT2D eigenvalue weighted by Gasteiger charge is -2.04. The van der Waals surface area contributed by atoms with Crippen molar-refractivity contribution >= 4 is 11.6 Å². The predicted octanol–water partition coefficient (Wildman–Crippen LogP) is 1.79. The van der Waals surface area contributed by atoms with E-state index in [-0.39, 0.29) is 18.0 Å². The Bertz CT molecular complexity index is 538. The van der Waals surface area contributed by atoms with E-state index in [2.05, 4.69) is 9.97 Å². The van der Waals surface area contributed by atoms with E-state index in [0.717, 1.165) is 11.3 Å². The molecule has 0 fully saturated rings. The van der Waals surface area contributed by atoms with Crippen LogP contribution in [0.5, 0.6) is 0 Å². The summed E-state index contributed by atoms with van der Waals surface area (Å²) in [4.78, 5) is 20.1. The minimum absolute atomic E-state index is 0.0580. The number of carbonyl (C=O) groups excluding carboxylic acids is 1. The van der Waals surface area contributed by atoms with Gasteiger partial charge in [-0.1, -0.05) is 6.07 Å². The fourth-order valence-corrected chi connectivity index (χ4v) is 1.57. The molecule has 86 valence electrons. The lowest BCUT2D eigenvalue weighted by molar-refractivity contribution is 0.0992. The van der Waals surface area contributed by atoms with Gasteiger partial charge in [0.2, 0.25) is 0 Å². The van der Waals surface area contributed by atoms with Crippen LogP contribution in [0, 0.1) is 6.92 Å². The molecule has 2 aromatic rings. The molecule has 2 rings (SSSR count). The average molecular weight is 227 g/mol. The molecule has 0 aromatic carbocycles. The van der Waals surface area contributed by atoms with Crippen molar-refractivity contribution in [1.82, 2.24) is 9.97 Å². The number of aromatic nitrogens is 2. The predicted molar refractivity (Wildman–Crippen MR) is 65.7 cm³/mol. The van der Waals surface area contributed by atoms with E-state index in [0.29, 0.717) is 5.56 Å². The fourth-order valence-electron chi connectivity index (χ4n) is 1.57. The molecule has 0 aliphatic carbocycles. The van der Waals surface area contributed by atoms with Gasteiger partial charge in [0.05, 0.1) is 12.0 Å². The highest BCUT2D eigenvalue weighted by Crippen LogP contribution is 2.13. The number of aryl methyl sites for hydroxylation is 1. The van der Waals surface area contributed by atoms with Gasteiger partial charge < -0.3 is 5.73 Å². The minimum Gasteiger partial charge on any atom is -0.383 e. The van der Waals surface area contributed by atoms with E-state index in [1.165, 1.54) is 0 Å². The van der Waals surface area contributed by atoms with Crippen molar-refractivity contribution in [2.24, 2.45) is 0 Å². The number of pyridine rings is 2. The molecule has 4 heteroatoms. The van der Waals surface area contributed by atoms with Crippen molar-refractivity contribution in [2.75, 3.05) is 5.73 Å². The van der Waals surface area contributed by atoms with E-state index >= 15 is 0 Å². The molecule has 2 N–H and O–H groups in total. The Hall–Kier alpha value is -2.23. The zero-order valence-corrected chi connectivity index (χ0v) is 9.55. The number of hydrogen-bond donors (Lipinski definition) is 1. The molecule has 17 heavy (non-hydrogen) atoms. The quantitative estimate of drug-likeness (QED) is 0.812. The number of rotatable bonds is 3. The van der Waals surface area contributed by atoms with Gasteiger partial charge in [-0.3, -0.25) is 9.78 Å². The van der Waals surface area contributed by atoms with Crippen LogP contribution >= 0.6 is 0 Å². The standard InChI is InChI=1S/C13H13N3O/c1-9-6-11(13(14)16-8-9)12(17)7-10-4-2-3-5-15-10/h2-6,8H,7H2,1H3,(H2,14,16). The van der Waals surface area contributed by atoms with Gasteiger partial charge in [-0.15, -0.1) is 0 Å². The first-order valence-corrected chi connectivity index (χ1v) is 5.32. The lowest BCUT2D eigenvalue weighted by Crippen LogP contribution is -2.09.